The van der Waals surface area contributed by atoms with Crippen LogP contribution < -0.4 is 10.1 Å². The summed E-state index contributed by atoms with van der Waals surface area (Å²) in [5.74, 6) is 0.0483. The molecular weight excluding hydrogens is 286 g/mol. The molecule has 1 rings (SSSR count). The number of carbonyl (C=O) groups excluding carboxylic acids is 2. The third-order valence-electron chi connectivity index (χ3n) is 2.16. The molecule has 0 atom stereocenters. The van der Waals surface area contributed by atoms with Crippen LogP contribution in [0.25, 0.3) is 0 Å². The average Bonchev–Trinajstić information content (AvgIpc) is 2.21. The van der Waals surface area contributed by atoms with E-state index in [1.165, 1.54) is 14.0 Å². The van der Waals surface area contributed by atoms with Gasteiger partial charge in [0.05, 0.1) is 19.2 Å². The van der Waals surface area contributed by atoms with Crippen molar-refractivity contribution in [1.82, 2.24) is 0 Å². The number of hydrogen-bond acceptors (Lipinski definition) is 3. The summed E-state index contributed by atoms with van der Waals surface area (Å²) in [6.07, 6.45) is -0.127. The van der Waals surface area contributed by atoms with Crippen molar-refractivity contribution in [2.75, 3.05) is 12.4 Å². The van der Waals surface area contributed by atoms with Crippen molar-refractivity contribution < 1.29 is 14.3 Å². The summed E-state index contributed by atoms with van der Waals surface area (Å²) < 4.78 is 6.06. The Morgan fingerprint density at radius 2 is 2.06 bits per heavy atom. The summed E-state index contributed by atoms with van der Waals surface area (Å²) in [4.78, 5) is 22.3. The quantitative estimate of drug-likeness (QED) is 0.870. The van der Waals surface area contributed by atoms with Gasteiger partial charge in [0.2, 0.25) is 5.91 Å². The van der Waals surface area contributed by atoms with Crippen molar-refractivity contribution in [3.05, 3.63) is 22.2 Å². The Labute approximate surface area is 108 Å². The molecular formula is C12H14BrNO3. The van der Waals surface area contributed by atoms with Crippen LogP contribution in [0.5, 0.6) is 5.75 Å². The number of Topliss-reactive ketones (excluding diaryl/α,β-unsaturated/α-hetero) is 1. The van der Waals surface area contributed by atoms with Crippen LogP contribution in [0, 0.1) is 6.92 Å². The molecule has 0 aliphatic rings. The Balaban J connectivity index is 2.93. The molecule has 4 nitrogen and oxygen atoms in total. The summed E-state index contributed by atoms with van der Waals surface area (Å²) in [5, 5.41) is 2.66. The molecule has 0 spiro atoms. The number of anilines is 1. The van der Waals surface area contributed by atoms with Gasteiger partial charge in [0, 0.05) is 4.47 Å². The van der Waals surface area contributed by atoms with E-state index < -0.39 is 0 Å². The predicted octanol–water partition coefficient (Wildman–Crippen LogP) is 2.68. The summed E-state index contributed by atoms with van der Waals surface area (Å²) in [6.45, 7) is 3.29. The molecule has 1 N–H and O–H groups in total. The number of nitrogens with one attached hydrogen (secondary N) is 1. The number of ether oxygens (including phenoxy) is 1. The number of amides is 1. The smallest absolute Gasteiger partial charge is 0.231 e. The third-order valence-corrected chi connectivity index (χ3v) is 3.02. The molecule has 5 heteroatoms. The zero-order chi connectivity index (χ0) is 13.0. The summed E-state index contributed by atoms with van der Waals surface area (Å²) in [7, 11) is 1.53. The van der Waals surface area contributed by atoms with Gasteiger partial charge in [-0.05, 0) is 31.5 Å². The maximum Gasteiger partial charge on any atom is 0.231 e. The van der Waals surface area contributed by atoms with E-state index in [1.807, 2.05) is 6.92 Å². The fraction of sp³-hybridized carbons (Fsp3) is 0.333. The van der Waals surface area contributed by atoms with Crippen LogP contribution in [-0.4, -0.2) is 18.8 Å². The number of halogens is 1. The highest BCUT2D eigenvalue weighted by molar-refractivity contribution is 9.10. The molecule has 0 fully saturated rings. The SMILES string of the molecule is COc1cc(Br)c(C)cc1NC(=O)CC(C)=O. The molecule has 0 unspecified atom stereocenters. The largest absolute Gasteiger partial charge is 0.495 e. The Morgan fingerprint density at radius 3 is 2.59 bits per heavy atom. The molecule has 0 aliphatic carbocycles. The summed E-state index contributed by atoms with van der Waals surface area (Å²) in [5.41, 5.74) is 1.54. The van der Waals surface area contributed by atoms with Gasteiger partial charge in [0.1, 0.15) is 11.5 Å². The van der Waals surface area contributed by atoms with E-state index >= 15 is 0 Å². The summed E-state index contributed by atoms with van der Waals surface area (Å²) in [6, 6.07) is 3.57. The number of methoxy groups -OCH3 is 1. The first-order chi connectivity index (χ1) is 7.93. The Hall–Kier alpha value is -1.36. The Kier molecular flexibility index (Phi) is 4.69. The number of ketones is 1. The molecule has 0 bridgehead atoms. The number of rotatable bonds is 4. The maximum atomic E-state index is 11.5. The minimum Gasteiger partial charge on any atom is -0.495 e. The Bertz CT molecular complexity index is 457. The minimum atomic E-state index is -0.336. The summed E-state index contributed by atoms with van der Waals surface area (Å²) >= 11 is 3.38. The first kappa shape index (κ1) is 13.7. The first-order valence-electron chi connectivity index (χ1n) is 5.07. The van der Waals surface area contributed by atoms with E-state index in [0.717, 1.165) is 10.0 Å². The lowest BCUT2D eigenvalue weighted by atomic mass is 10.2. The van der Waals surface area contributed by atoms with Crippen LogP contribution in [0.2, 0.25) is 0 Å². The molecule has 0 radical (unpaired) electrons. The molecule has 0 saturated carbocycles. The zero-order valence-corrected chi connectivity index (χ0v) is 11.6. The fourth-order valence-electron chi connectivity index (χ4n) is 1.35. The second-order valence-electron chi connectivity index (χ2n) is 3.73. The third kappa shape index (κ3) is 3.85. The second-order valence-corrected chi connectivity index (χ2v) is 4.58. The van der Waals surface area contributed by atoms with Gasteiger partial charge in [0.15, 0.2) is 0 Å². The van der Waals surface area contributed by atoms with E-state index in [1.54, 1.807) is 12.1 Å². The lowest BCUT2D eigenvalue weighted by molar-refractivity contribution is -0.124. The van der Waals surface area contributed by atoms with Crippen molar-refractivity contribution in [2.24, 2.45) is 0 Å². The fourth-order valence-corrected chi connectivity index (χ4v) is 1.67. The Morgan fingerprint density at radius 1 is 1.41 bits per heavy atom. The van der Waals surface area contributed by atoms with Crippen LogP contribution in [0.15, 0.2) is 16.6 Å². The zero-order valence-electron chi connectivity index (χ0n) is 9.96. The molecule has 1 aromatic carbocycles. The topological polar surface area (TPSA) is 55.4 Å². The van der Waals surface area contributed by atoms with Gasteiger partial charge in [-0.2, -0.15) is 0 Å². The lowest BCUT2D eigenvalue weighted by Crippen LogP contribution is -2.15. The molecule has 0 aliphatic heterocycles. The van der Waals surface area contributed by atoms with Crippen molar-refractivity contribution >= 4 is 33.3 Å². The van der Waals surface area contributed by atoms with Crippen LogP contribution in [0.4, 0.5) is 5.69 Å². The molecule has 1 amide bonds. The van der Waals surface area contributed by atoms with E-state index in [-0.39, 0.29) is 18.1 Å². The van der Waals surface area contributed by atoms with Gasteiger partial charge in [-0.1, -0.05) is 15.9 Å². The van der Waals surface area contributed by atoms with E-state index in [0.29, 0.717) is 11.4 Å². The molecule has 0 aromatic heterocycles. The van der Waals surface area contributed by atoms with Gasteiger partial charge in [0.25, 0.3) is 0 Å². The predicted molar refractivity (Wildman–Crippen MR) is 69.4 cm³/mol. The van der Waals surface area contributed by atoms with Crippen LogP contribution in [0.3, 0.4) is 0 Å². The van der Waals surface area contributed by atoms with E-state index in [4.69, 9.17) is 4.74 Å². The normalized spacial score (nSPS) is 9.88. The molecule has 0 saturated heterocycles. The monoisotopic (exact) mass is 299 g/mol. The number of aryl methyl sites for hydroxylation is 1. The van der Waals surface area contributed by atoms with Gasteiger partial charge in [-0.15, -0.1) is 0 Å². The van der Waals surface area contributed by atoms with Gasteiger partial charge < -0.3 is 10.1 Å². The van der Waals surface area contributed by atoms with E-state index in [2.05, 4.69) is 21.2 Å². The van der Waals surface area contributed by atoms with Crippen LogP contribution >= 0.6 is 15.9 Å². The van der Waals surface area contributed by atoms with E-state index in [9.17, 15) is 9.59 Å². The first-order valence-corrected chi connectivity index (χ1v) is 5.86. The lowest BCUT2D eigenvalue weighted by Gasteiger charge is -2.11. The highest BCUT2D eigenvalue weighted by Gasteiger charge is 2.11. The highest BCUT2D eigenvalue weighted by atomic mass is 79.9. The highest BCUT2D eigenvalue weighted by Crippen LogP contribution is 2.31. The van der Waals surface area contributed by atoms with Crippen molar-refractivity contribution in [3.63, 3.8) is 0 Å². The van der Waals surface area contributed by atoms with Crippen molar-refractivity contribution in [3.8, 4) is 5.75 Å². The average molecular weight is 300 g/mol. The maximum absolute atomic E-state index is 11.5. The van der Waals surface area contributed by atoms with Crippen LogP contribution in [0.1, 0.15) is 18.9 Å². The molecule has 0 heterocycles. The van der Waals surface area contributed by atoms with Crippen LogP contribution in [-0.2, 0) is 9.59 Å². The van der Waals surface area contributed by atoms with Crippen molar-refractivity contribution in [1.29, 1.82) is 0 Å². The van der Waals surface area contributed by atoms with Gasteiger partial charge in [-0.3, -0.25) is 9.59 Å². The van der Waals surface area contributed by atoms with Crippen molar-refractivity contribution in [2.45, 2.75) is 20.3 Å². The number of benzene rings is 1. The molecule has 1 aromatic rings. The van der Waals surface area contributed by atoms with Gasteiger partial charge in [-0.25, -0.2) is 0 Å². The molecule has 17 heavy (non-hydrogen) atoms. The standard InChI is InChI=1S/C12H14BrNO3/c1-7-4-10(11(17-3)6-9(7)13)14-12(16)5-8(2)15/h4,6H,5H2,1-3H3,(H,14,16). The minimum absolute atomic E-state index is 0.127. The number of hydrogen-bond donors (Lipinski definition) is 1. The van der Waals surface area contributed by atoms with Gasteiger partial charge >= 0.3 is 0 Å². The molecule has 92 valence electrons. The number of carbonyl (C=O) groups is 2. The second kappa shape index (κ2) is 5.82.